The average Bonchev–Trinajstić information content (AvgIpc) is 2.86. The van der Waals surface area contributed by atoms with Gasteiger partial charge in [0, 0.05) is 12.1 Å². The van der Waals surface area contributed by atoms with Crippen LogP contribution in [-0.4, -0.2) is 24.2 Å². The molecule has 0 fully saturated rings. The summed E-state index contributed by atoms with van der Waals surface area (Å²) in [6.45, 7) is 2.15. The molecule has 2 rings (SSSR count). The van der Waals surface area contributed by atoms with E-state index in [0.29, 0.717) is 5.76 Å². The summed E-state index contributed by atoms with van der Waals surface area (Å²) < 4.78 is 5.47. The van der Waals surface area contributed by atoms with Crippen LogP contribution >= 0.6 is 0 Å². The number of benzene rings is 1. The number of furan rings is 1. The van der Waals surface area contributed by atoms with Crippen LogP contribution in [0.3, 0.4) is 0 Å². The fraction of sp³-hybridized carbons (Fsp3) is 0.214. The molecule has 0 saturated heterocycles. The lowest BCUT2D eigenvalue weighted by Gasteiger charge is -2.00. The Morgan fingerprint density at radius 2 is 1.94 bits per heavy atom. The van der Waals surface area contributed by atoms with Crippen molar-refractivity contribution in [2.45, 2.75) is 6.92 Å². The fourth-order valence-corrected chi connectivity index (χ4v) is 1.59. The Labute approximate surface area is 105 Å². The van der Waals surface area contributed by atoms with Crippen LogP contribution in [0.15, 0.2) is 40.8 Å². The highest BCUT2D eigenvalue weighted by Gasteiger charge is 2.11. The number of aliphatic hydroxyl groups excluding tert-OH is 1. The highest BCUT2D eigenvalue weighted by Crippen LogP contribution is 2.22. The van der Waals surface area contributed by atoms with Gasteiger partial charge in [-0.25, -0.2) is 0 Å². The molecule has 0 aliphatic carbocycles. The Bertz CT molecular complexity index is 528. The molecule has 0 atom stereocenters. The molecule has 0 saturated carbocycles. The number of nitrogens with one attached hydrogen (secondary N) is 1. The summed E-state index contributed by atoms with van der Waals surface area (Å²) in [5.74, 6) is 0.589. The second-order valence-electron chi connectivity index (χ2n) is 4.01. The van der Waals surface area contributed by atoms with Crippen LogP contribution in [0.25, 0.3) is 11.3 Å². The summed E-state index contributed by atoms with van der Waals surface area (Å²) >= 11 is 0. The minimum Gasteiger partial charge on any atom is -0.451 e. The Kier molecular flexibility index (Phi) is 3.79. The fourth-order valence-electron chi connectivity index (χ4n) is 1.59. The third kappa shape index (κ3) is 2.78. The minimum atomic E-state index is -0.317. The second-order valence-corrected chi connectivity index (χ2v) is 4.01. The van der Waals surface area contributed by atoms with E-state index in [4.69, 9.17) is 9.52 Å². The van der Waals surface area contributed by atoms with Crippen molar-refractivity contribution in [3.05, 3.63) is 47.7 Å². The molecule has 0 radical (unpaired) electrons. The standard InChI is InChI=1S/C14H15NO3/c1-10-2-4-11(5-3-10)12-6-7-13(18-12)14(17)15-8-9-16/h2-7,16H,8-9H2,1H3,(H,15,17). The van der Waals surface area contributed by atoms with Crippen LogP contribution in [0.5, 0.6) is 0 Å². The van der Waals surface area contributed by atoms with E-state index in [-0.39, 0.29) is 24.8 Å². The lowest BCUT2D eigenvalue weighted by molar-refractivity contribution is 0.0918. The normalized spacial score (nSPS) is 10.3. The van der Waals surface area contributed by atoms with Crippen molar-refractivity contribution in [3.8, 4) is 11.3 Å². The molecule has 2 aromatic rings. The molecule has 1 heterocycles. The second kappa shape index (κ2) is 5.51. The van der Waals surface area contributed by atoms with Gasteiger partial charge in [-0.3, -0.25) is 4.79 Å². The first-order valence-electron chi connectivity index (χ1n) is 5.76. The molecule has 4 heteroatoms. The largest absolute Gasteiger partial charge is 0.451 e. The van der Waals surface area contributed by atoms with Crippen LogP contribution < -0.4 is 5.32 Å². The molecule has 2 N–H and O–H groups in total. The highest BCUT2D eigenvalue weighted by atomic mass is 16.4. The molecule has 1 aromatic heterocycles. The van der Waals surface area contributed by atoms with Gasteiger partial charge in [0.1, 0.15) is 5.76 Å². The topological polar surface area (TPSA) is 62.5 Å². The number of hydrogen-bond donors (Lipinski definition) is 2. The van der Waals surface area contributed by atoms with Crippen LogP contribution in [0, 0.1) is 6.92 Å². The number of aliphatic hydroxyl groups is 1. The number of carbonyl (C=O) groups is 1. The third-order valence-electron chi connectivity index (χ3n) is 2.56. The van der Waals surface area contributed by atoms with E-state index in [1.54, 1.807) is 12.1 Å². The summed E-state index contributed by atoms with van der Waals surface area (Å²) in [6, 6.07) is 11.3. The van der Waals surface area contributed by atoms with Crippen LogP contribution in [0.1, 0.15) is 16.1 Å². The van der Waals surface area contributed by atoms with Crippen LogP contribution in [0.4, 0.5) is 0 Å². The predicted molar refractivity (Wildman–Crippen MR) is 68.3 cm³/mol. The van der Waals surface area contributed by atoms with E-state index in [2.05, 4.69) is 5.32 Å². The average molecular weight is 245 g/mol. The predicted octanol–water partition coefficient (Wildman–Crippen LogP) is 1.98. The van der Waals surface area contributed by atoms with E-state index in [1.165, 1.54) is 5.56 Å². The number of aryl methyl sites for hydroxylation is 1. The number of rotatable bonds is 4. The monoisotopic (exact) mass is 245 g/mol. The van der Waals surface area contributed by atoms with Gasteiger partial charge in [-0.1, -0.05) is 29.8 Å². The van der Waals surface area contributed by atoms with E-state index < -0.39 is 0 Å². The SMILES string of the molecule is Cc1ccc(-c2ccc(C(=O)NCCO)o2)cc1. The molecule has 0 aliphatic heterocycles. The first-order chi connectivity index (χ1) is 8.70. The molecule has 0 unspecified atom stereocenters. The Balaban J connectivity index is 2.15. The quantitative estimate of drug-likeness (QED) is 0.865. The molecule has 18 heavy (non-hydrogen) atoms. The van der Waals surface area contributed by atoms with Crippen molar-refractivity contribution in [1.82, 2.24) is 5.32 Å². The summed E-state index contributed by atoms with van der Waals surface area (Å²) in [6.07, 6.45) is 0. The molecule has 1 amide bonds. The third-order valence-corrected chi connectivity index (χ3v) is 2.56. The van der Waals surface area contributed by atoms with E-state index in [1.807, 2.05) is 31.2 Å². The maximum absolute atomic E-state index is 11.6. The smallest absolute Gasteiger partial charge is 0.287 e. The lowest BCUT2D eigenvalue weighted by atomic mass is 10.1. The Morgan fingerprint density at radius 1 is 1.22 bits per heavy atom. The van der Waals surface area contributed by atoms with Crippen molar-refractivity contribution in [2.24, 2.45) is 0 Å². The number of hydrogen-bond acceptors (Lipinski definition) is 3. The van der Waals surface area contributed by atoms with E-state index in [0.717, 1.165) is 5.56 Å². The van der Waals surface area contributed by atoms with E-state index >= 15 is 0 Å². The number of amides is 1. The summed E-state index contributed by atoms with van der Waals surface area (Å²) in [5, 5.41) is 11.2. The van der Waals surface area contributed by atoms with Crippen LogP contribution in [0.2, 0.25) is 0 Å². The molecular weight excluding hydrogens is 230 g/mol. The maximum atomic E-state index is 11.6. The number of carbonyl (C=O) groups excluding carboxylic acids is 1. The summed E-state index contributed by atoms with van der Waals surface area (Å²) in [7, 11) is 0. The van der Waals surface area contributed by atoms with Gasteiger partial charge < -0.3 is 14.8 Å². The van der Waals surface area contributed by atoms with Gasteiger partial charge >= 0.3 is 0 Å². The van der Waals surface area contributed by atoms with Gasteiger partial charge in [0.05, 0.1) is 6.61 Å². The molecule has 94 valence electrons. The first kappa shape index (κ1) is 12.4. The zero-order valence-corrected chi connectivity index (χ0v) is 10.1. The van der Waals surface area contributed by atoms with Gasteiger partial charge in [0.25, 0.3) is 5.91 Å². The zero-order chi connectivity index (χ0) is 13.0. The van der Waals surface area contributed by atoms with Gasteiger partial charge in [-0.05, 0) is 19.1 Å². The maximum Gasteiger partial charge on any atom is 0.287 e. The molecule has 0 bridgehead atoms. The molecule has 0 aliphatic rings. The van der Waals surface area contributed by atoms with Gasteiger partial charge in [0.2, 0.25) is 0 Å². The van der Waals surface area contributed by atoms with Crippen molar-refractivity contribution in [3.63, 3.8) is 0 Å². The van der Waals surface area contributed by atoms with Crippen LogP contribution in [-0.2, 0) is 0 Å². The van der Waals surface area contributed by atoms with Gasteiger partial charge in [-0.15, -0.1) is 0 Å². The molecule has 1 aromatic carbocycles. The Hall–Kier alpha value is -2.07. The van der Waals surface area contributed by atoms with Crippen molar-refractivity contribution in [1.29, 1.82) is 0 Å². The lowest BCUT2D eigenvalue weighted by Crippen LogP contribution is -2.25. The highest BCUT2D eigenvalue weighted by molar-refractivity contribution is 5.92. The summed E-state index contributed by atoms with van der Waals surface area (Å²) in [4.78, 5) is 11.6. The van der Waals surface area contributed by atoms with Crippen molar-refractivity contribution in [2.75, 3.05) is 13.2 Å². The zero-order valence-electron chi connectivity index (χ0n) is 10.1. The van der Waals surface area contributed by atoms with Crippen molar-refractivity contribution >= 4 is 5.91 Å². The summed E-state index contributed by atoms with van der Waals surface area (Å²) in [5.41, 5.74) is 2.10. The van der Waals surface area contributed by atoms with Gasteiger partial charge in [-0.2, -0.15) is 0 Å². The van der Waals surface area contributed by atoms with E-state index in [9.17, 15) is 4.79 Å². The van der Waals surface area contributed by atoms with Gasteiger partial charge in [0.15, 0.2) is 5.76 Å². The first-order valence-corrected chi connectivity index (χ1v) is 5.76. The molecular formula is C14H15NO3. The minimum absolute atomic E-state index is 0.0860. The Morgan fingerprint density at radius 3 is 2.61 bits per heavy atom. The van der Waals surface area contributed by atoms with Crippen molar-refractivity contribution < 1.29 is 14.3 Å². The molecule has 4 nitrogen and oxygen atoms in total. The molecule has 0 spiro atoms.